The van der Waals surface area contributed by atoms with Gasteiger partial charge in [-0.05, 0) is 20.3 Å². The van der Waals surface area contributed by atoms with Gasteiger partial charge in [0, 0.05) is 12.5 Å². The van der Waals surface area contributed by atoms with Crippen LogP contribution in [0.2, 0.25) is 0 Å². The lowest BCUT2D eigenvalue weighted by Gasteiger charge is -2.13. The molecule has 13 heavy (non-hydrogen) atoms. The highest BCUT2D eigenvalue weighted by Gasteiger charge is 2.14. The quantitative estimate of drug-likeness (QED) is 0.520. The van der Waals surface area contributed by atoms with E-state index in [9.17, 15) is 9.59 Å². The topological polar surface area (TPSA) is 98.2 Å². The van der Waals surface area contributed by atoms with Crippen LogP contribution in [0.5, 0.6) is 0 Å². The minimum absolute atomic E-state index is 0.0622. The maximum atomic E-state index is 11.2. The number of primary amides is 1. The second-order valence-corrected chi connectivity index (χ2v) is 3.27. The van der Waals surface area contributed by atoms with E-state index in [1.807, 2.05) is 13.8 Å². The SMILES string of the molecule is CC(C)NC(=O)C(N)CCC(N)=O. The zero-order chi connectivity index (χ0) is 10.4. The standard InChI is InChI=1S/C8H17N3O2/c1-5(2)11-8(13)6(9)3-4-7(10)12/h5-6H,3-4,9H2,1-2H3,(H2,10,12)(H,11,13). The third kappa shape index (κ3) is 6.10. The molecule has 0 spiro atoms. The predicted molar refractivity (Wildman–Crippen MR) is 49.7 cm³/mol. The summed E-state index contributed by atoms with van der Waals surface area (Å²) in [5, 5.41) is 2.65. The van der Waals surface area contributed by atoms with Gasteiger partial charge in [-0.3, -0.25) is 9.59 Å². The first kappa shape index (κ1) is 11.9. The summed E-state index contributed by atoms with van der Waals surface area (Å²) in [5.74, 6) is -0.677. The smallest absolute Gasteiger partial charge is 0.237 e. The summed E-state index contributed by atoms with van der Waals surface area (Å²) in [5.41, 5.74) is 10.4. The molecular weight excluding hydrogens is 170 g/mol. The molecule has 5 heteroatoms. The Labute approximate surface area is 77.8 Å². The molecule has 1 unspecified atom stereocenters. The van der Waals surface area contributed by atoms with Crippen molar-refractivity contribution in [3.05, 3.63) is 0 Å². The van der Waals surface area contributed by atoms with Crippen LogP contribution in [0.3, 0.4) is 0 Å². The predicted octanol–water partition coefficient (Wildman–Crippen LogP) is -0.896. The van der Waals surface area contributed by atoms with E-state index < -0.39 is 11.9 Å². The largest absolute Gasteiger partial charge is 0.370 e. The van der Waals surface area contributed by atoms with Crippen LogP contribution < -0.4 is 16.8 Å². The maximum Gasteiger partial charge on any atom is 0.237 e. The average molecular weight is 187 g/mol. The van der Waals surface area contributed by atoms with Crippen molar-refractivity contribution < 1.29 is 9.59 Å². The molecule has 0 bridgehead atoms. The van der Waals surface area contributed by atoms with Gasteiger partial charge in [-0.2, -0.15) is 0 Å². The van der Waals surface area contributed by atoms with Crippen molar-refractivity contribution in [1.82, 2.24) is 5.32 Å². The Morgan fingerprint density at radius 3 is 2.31 bits per heavy atom. The summed E-state index contributed by atoms with van der Waals surface area (Å²) < 4.78 is 0. The molecule has 0 aliphatic heterocycles. The first-order valence-corrected chi connectivity index (χ1v) is 4.27. The van der Waals surface area contributed by atoms with Gasteiger partial charge in [0.1, 0.15) is 0 Å². The normalized spacial score (nSPS) is 12.6. The number of rotatable bonds is 5. The monoisotopic (exact) mass is 187 g/mol. The molecule has 1 atom stereocenters. The molecular formula is C8H17N3O2. The molecule has 76 valence electrons. The fourth-order valence-electron chi connectivity index (χ4n) is 0.820. The first-order valence-electron chi connectivity index (χ1n) is 4.27. The minimum atomic E-state index is -0.644. The van der Waals surface area contributed by atoms with Gasteiger partial charge >= 0.3 is 0 Å². The van der Waals surface area contributed by atoms with Gasteiger partial charge < -0.3 is 16.8 Å². The van der Waals surface area contributed by atoms with Crippen molar-refractivity contribution in [2.24, 2.45) is 11.5 Å². The molecule has 0 aromatic carbocycles. The zero-order valence-electron chi connectivity index (χ0n) is 8.04. The van der Waals surface area contributed by atoms with Crippen molar-refractivity contribution in [3.63, 3.8) is 0 Å². The second-order valence-electron chi connectivity index (χ2n) is 3.27. The molecule has 0 aromatic heterocycles. The first-order chi connectivity index (χ1) is 5.93. The van der Waals surface area contributed by atoms with E-state index in [0.29, 0.717) is 6.42 Å². The van der Waals surface area contributed by atoms with Crippen LogP contribution >= 0.6 is 0 Å². The fraction of sp³-hybridized carbons (Fsp3) is 0.750. The Morgan fingerprint density at radius 1 is 1.38 bits per heavy atom. The van der Waals surface area contributed by atoms with Crippen molar-refractivity contribution >= 4 is 11.8 Å². The number of hydrogen-bond acceptors (Lipinski definition) is 3. The highest BCUT2D eigenvalue weighted by molar-refractivity contribution is 5.82. The molecule has 0 aliphatic carbocycles. The molecule has 0 radical (unpaired) electrons. The Balaban J connectivity index is 3.76. The summed E-state index contributed by atoms with van der Waals surface area (Å²) in [4.78, 5) is 21.6. The number of amides is 2. The van der Waals surface area contributed by atoms with E-state index in [0.717, 1.165) is 0 Å². The van der Waals surface area contributed by atoms with Crippen LogP contribution in [0.4, 0.5) is 0 Å². The highest BCUT2D eigenvalue weighted by atomic mass is 16.2. The van der Waals surface area contributed by atoms with Crippen LogP contribution in [-0.2, 0) is 9.59 Å². The molecule has 0 aliphatic rings. The maximum absolute atomic E-state index is 11.2. The zero-order valence-corrected chi connectivity index (χ0v) is 8.04. The number of carbonyl (C=O) groups is 2. The number of nitrogens with one attached hydrogen (secondary N) is 1. The fourth-order valence-corrected chi connectivity index (χ4v) is 0.820. The Bertz CT molecular complexity index is 192. The lowest BCUT2D eigenvalue weighted by atomic mass is 10.1. The Hall–Kier alpha value is -1.10. The van der Waals surface area contributed by atoms with E-state index in [1.165, 1.54) is 0 Å². The van der Waals surface area contributed by atoms with E-state index in [4.69, 9.17) is 11.5 Å². The molecule has 0 rings (SSSR count). The van der Waals surface area contributed by atoms with Gasteiger partial charge in [0.15, 0.2) is 0 Å². The van der Waals surface area contributed by atoms with Gasteiger partial charge in [-0.1, -0.05) is 0 Å². The van der Waals surface area contributed by atoms with E-state index in [2.05, 4.69) is 5.32 Å². The summed E-state index contributed by atoms with van der Waals surface area (Å²) in [6, 6.07) is -0.581. The molecule has 5 nitrogen and oxygen atoms in total. The van der Waals surface area contributed by atoms with Crippen molar-refractivity contribution in [2.45, 2.75) is 38.8 Å². The Kier molecular flexibility index (Phi) is 5.06. The van der Waals surface area contributed by atoms with Gasteiger partial charge in [-0.25, -0.2) is 0 Å². The molecule has 0 heterocycles. The van der Waals surface area contributed by atoms with Crippen LogP contribution in [0.15, 0.2) is 0 Å². The minimum Gasteiger partial charge on any atom is -0.370 e. The van der Waals surface area contributed by atoms with Crippen molar-refractivity contribution in [2.75, 3.05) is 0 Å². The molecule has 0 saturated carbocycles. The Morgan fingerprint density at radius 2 is 1.92 bits per heavy atom. The number of hydrogen-bond donors (Lipinski definition) is 3. The average Bonchev–Trinajstić information content (AvgIpc) is 1.98. The third-order valence-electron chi connectivity index (χ3n) is 1.47. The van der Waals surface area contributed by atoms with Gasteiger partial charge in [0.2, 0.25) is 11.8 Å². The van der Waals surface area contributed by atoms with Gasteiger partial charge in [-0.15, -0.1) is 0 Å². The molecule has 5 N–H and O–H groups in total. The highest BCUT2D eigenvalue weighted by Crippen LogP contribution is 1.94. The van der Waals surface area contributed by atoms with Crippen LogP contribution in [0, 0.1) is 0 Å². The number of carbonyl (C=O) groups excluding carboxylic acids is 2. The molecule has 0 aromatic rings. The lowest BCUT2D eigenvalue weighted by Crippen LogP contribution is -2.43. The molecule has 2 amide bonds. The molecule has 0 fully saturated rings. The van der Waals surface area contributed by atoms with Crippen molar-refractivity contribution in [3.8, 4) is 0 Å². The second kappa shape index (κ2) is 5.53. The van der Waals surface area contributed by atoms with Crippen LogP contribution in [0.25, 0.3) is 0 Å². The van der Waals surface area contributed by atoms with Crippen LogP contribution in [-0.4, -0.2) is 23.9 Å². The summed E-state index contributed by atoms with van der Waals surface area (Å²) in [6.45, 7) is 3.69. The third-order valence-corrected chi connectivity index (χ3v) is 1.47. The van der Waals surface area contributed by atoms with Crippen molar-refractivity contribution in [1.29, 1.82) is 0 Å². The summed E-state index contributed by atoms with van der Waals surface area (Å²) in [7, 11) is 0. The van der Waals surface area contributed by atoms with Gasteiger partial charge in [0.05, 0.1) is 6.04 Å². The summed E-state index contributed by atoms with van der Waals surface area (Å²) in [6.07, 6.45) is 0.445. The lowest BCUT2D eigenvalue weighted by molar-refractivity contribution is -0.123. The molecule has 0 saturated heterocycles. The summed E-state index contributed by atoms with van der Waals surface area (Å²) >= 11 is 0. The van der Waals surface area contributed by atoms with Gasteiger partial charge in [0.25, 0.3) is 0 Å². The number of nitrogens with two attached hydrogens (primary N) is 2. The van der Waals surface area contributed by atoms with E-state index in [1.54, 1.807) is 0 Å². The van der Waals surface area contributed by atoms with E-state index in [-0.39, 0.29) is 18.4 Å². The van der Waals surface area contributed by atoms with Crippen LogP contribution in [0.1, 0.15) is 26.7 Å². The van der Waals surface area contributed by atoms with E-state index >= 15 is 0 Å².